The van der Waals surface area contributed by atoms with Gasteiger partial charge in [-0.05, 0) is 23.9 Å². The molecule has 2 aromatic heterocycles. The van der Waals surface area contributed by atoms with E-state index in [0.29, 0.717) is 11.6 Å². The molecule has 88 valence electrons. The molecule has 0 spiro atoms. The van der Waals surface area contributed by atoms with Gasteiger partial charge in [-0.1, -0.05) is 0 Å². The highest BCUT2D eigenvalue weighted by atomic mass is 32.1. The minimum absolute atomic E-state index is 0.0745. The minimum Gasteiger partial charge on any atom is -0.357 e. The molecule has 0 saturated heterocycles. The van der Waals surface area contributed by atoms with E-state index < -0.39 is 4.92 Å². The predicted octanol–water partition coefficient (Wildman–Crippen LogP) is 2.46. The van der Waals surface area contributed by atoms with Crippen LogP contribution in [0.3, 0.4) is 0 Å². The van der Waals surface area contributed by atoms with Gasteiger partial charge in [0.2, 0.25) is 5.95 Å². The van der Waals surface area contributed by atoms with Crippen LogP contribution in [-0.4, -0.2) is 21.9 Å². The third-order valence-corrected chi connectivity index (χ3v) is 3.29. The topological polar surface area (TPSA) is 81.0 Å². The Bertz CT molecular complexity index is 567. The van der Waals surface area contributed by atoms with Gasteiger partial charge in [0.1, 0.15) is 6.20 Å². The molecule has 2 aromatic rings. The van der Waals surface area contributed by atoms with E-state index >= 15 is 0 Å². The number of nitro groups is 1. The number of hydrogen-bond acceptors (Lipinski definition) is 6. The summed E-state index contributed by atoms with van der Waals surface area (Å²) in [6, 6.07) is 1.91. The lowest BCUT2D eigenvalue weighted by Gasteiger charge is -2.03. The Hall–Kier alpha value is -2.02. The second kappa shape index (κ2) is 4.46. The fraction of sp³-hybridized carbons (Fsp3) is 0.200. The zero-order chi connectivity index (χ0) is 12.4. The van der Waals surface area contributed by atoms with Gasteiger partial charge in [0.15, 0.2) is 5.69 Å². The maximum Gasteiger partial charge on any atom is 0.314 e. The standard InChI is InChI=1S/C10H10N4O2S/c1-6-3-4-17-9(6)8-7(14(15)16)5-12-10(11-2)13-8/h3-5H,1-2H3,(H,11,12,13). The number of thiophene rings is 1. The van der Waals surface area contributed by atoms with Crippen molar-refractivity contribution in [2.45, 2.75) is 6.92 Å². The van der Waals surface area contributed by atoms with Crippen molar-refractivity contribution < 1.29 is 4.92 Å². The van der Waals surface area contributed by atoms with Gasteiger partial charge >= 0.3 is 5.69 Å². The van der Waals surface area contributed by atoms with E-state index in [2.05, 4.69) is 15.3 Å². The summed E-state index contributed by atoms with van der Waals surface area (Å²) in [4.78, 5) is 19.3. The van der Waals surface area contributed by atoms with Gasteiger partial charge in [0.05, 0.1) is 9.80 Å². The number of anilines is 1. The molecule has 0 aromatic carbocycles. The van der Waals surface area contributed by atoms with E-state index in [1.165, 1.54) is 17.5 Å². The van der Waals surface area contributed by atoms with E-state index in [4.69, 9.17) is 0 Å². The highest BCUT2D eigenvalue weighted by Crippen LogP contribution is 2.34. The SMILES string of the molecule is CNc1ncc([N+](=O)[O-])c(-c2sccc2C)n1. The van der Waals surface area contributed by atoms with Crippen LogP contribution in [0.4, 0.5) is 11.6 Å². The van der Waals surface area contributed by atoms with Gasteiger partial charge in [-0.3, -0.25) is 10.1 Å². The van der Waals surface area contributed by atoms with Crippen molar-refractivity contribution in [3.63, 3.8) is 0 Å². The Labute approximate surface area is 102 Å². The van der Waals surface area contributed by atoms with Crippen molar-refractivity contribution in [1.82, 2.24) is 9.97 Å². The quantitative estimate of drug-likeness (QED) is 0.668. The fourth-order valence-electron chi connectivity index (χ4n) is 1.41. The van der Waals surface area contributed by atoms with Crippen LogP contribution in [0.5, 0.6) is 0 Å². The first-order chi connectivity index (χ1) is 8.13. The van der Waals surface area contributed by atoms with Gasteiger partial charge in [0.25, 0.3) is 0 Å². The maximum absolute atomic E-state index is 10.9. The van der Waals surface area contributed by atoms with Gasteiger partial charge in [-0.25, -0.2) is 9.97 Å². The second-order valence-electron chi connectivity index (χ2n) is 3.37. The summed E-state index contributed by atoms with van der Waals surface area (Å²) in [7, 11) is 1.67. The highest BCUT2D eigenvalue weighted by molar-refractivity contribution is 7.13. The van der Waals surface area contributed by atoms with Crippen LogP contribution < -0.4 is 5.32 Å². The van der Waals surface area contributed by atoms with Crippen LogP contribution in [0.25, 0.3) is 10.6 Å². The third kappa shape index (κ3) is 2.09. The fourth-order valence-corrected chi connectivity index (χ4v) is 2.34. The smallest absolute Gasteiger partial charge is 0.314 e. The predicted molar refractivity (Wildman–Crippen MR) is 66.3 cm³/mol. The Morgan fingerprint density at radius 3 is 2.82 bits per heavy atom. The second-order valence-corrected chi connectivity index (χ2v) is 4.28. The lowest BCUT2D eigenvalue weighted by Crippen LogP contribution is -2.01. The summed E-state index contributed by atoms with van der Waals surface area (Å²) in [5, 5.41) is 15.6. The highest BCUT2D eigenvalue weighted by Gasteiger charge is 2.20. The first-order valence-electron chi connectivity index (χ1n) is 4.87. The largest absolute Gasteiger partial charge is 0.357 e. The number of aromatic nitrogens is 2. The molecule has 6 nitrogen and oxygen atoms in total. The van der Waals surface area contributed by atoms with Crippen molar-refractivity contribution in [2.75, 3.05) is 12.4 Å². The van der Waals surface area contributed by atoms with E-state index in [0.717, 1.165) is 10.4 Å². The molecule has 0 fully saturated rings. The summed E-state index contributed by atoms with van der Waals surface area (Å²) >= 11 is 1.43. The maximum atomic E-state index is 10.9. The molecular formula is C10H10N4O2S. The van der Waals surface area contributed by atoms with Crippen LogP contribution in [0.2, 0.25) is 0 Å². The van der Waals surface area contributed by atoms with Crippen LogP contribution in [0, 0.1) is 17.0 Å². The summed E-state index contributed by atoms with van der Waals surface area (Å²) in [6.45, 7) is 1.90. The lowest BCUT2D eigenvalue weighted by atomic mass is 10.2. The Balaban J connectivity index is 2.65. The molecule has 0 aliphatic carbocycles. The summed E-state index contributed by atoms with van der Waals surface area (Å²) in [5.41, 5.74) is 1.26. The molecule has 7 heteroatoms. The van der Waals surface area contributed by atoms with Crippen molar-refractivity contribution >= 4 is 23.0 Å². The number of nitrogens with one attached hydrogen (secondary N) is 1. The van der Waals surface area contributed by atoms with E-state index in [-0.39, 0.29) is 5.69 Å². The Kier molecular flexibility index (Phi) is 3.01. The average molecular weight is 250 g/mol. The molecule has 0 aliphatic heterocycles. The molecule has 0 saturated carbocycles. The molecule has 1 N–H and O–H groups in total. The van der Waals surface area contributed by atoms with Crippen molar-refractivity contribution in [2.24, 2.45) is 0 Å². The van der Waals surface area contributed by atoms with Gasteiger partial charge in [-0.15, -0.1) is 11.3 Å². The molecule has 2 rings (SSSR count). The summed E-state index contributed by atoms with van der Waals surface area (Å²) in [5.74, 6) is 0.374. The first-order valence-corrected chi connectivity index (χ1v) is 5.75. The average Bonchev–Trinajstić information content (AvgIpc) is 2.74. The van der Waals surface area contributed by atoms with Gasteiger partial charge in [-0.2, -0.15) is 0 Å². The monoisotopic (exact) mass is 250 g/mol. The molecule has 0 atom stereocenters. The molecule has 0 bridgehead atoms. The van der Waals surface area contributed by atoms with Crippen molar-refractivity contribution in [1.29, 1.82) is 0 Å². The van der Waals surface area contributed by atoms with E-state index in [1.807, 2.05) is 18.4 Å². The molecule has 17 heavy (non-hydrogen) atoms. The first kappa shape index (κ1) is 11.5. The van der Waals surface area contributed by atoms with E-state index in [1.54, 1.807) is 7.05 Å². The summed E-state index contributed by atoms with van der Waals surface area (Å²) in [6.07, 6.45) is 1.23. The minimum atomic E-state index is -0.464. The third-order valence-electron chi connectivity index (χ3n) is 2.27. The van der Waals surface area contributed by atoms with Crippen molar-refractivity contribution in [3.8, 4) is 10.6 Å². The Morgan fingerprint density at radius 1 is 1.53 bits per heavy atom. The van der Waals surface area contributed by atoms with Crippen LogP contribution in [0.15, 0.2) is 17.6 Å². The van der Waals surface area contributed by atoms with Gasteiger partial charge < -0.3 is 5.32 Å². The number of aryl methyl sites for hydroxylation is 1. The van der Waals surface area contributed by atoms with Crippen LogP contribution in [-0.2, 0) is 0 Å². The number of hydrogen-bond donors (Lipinski definition) is 1. The lowest BCUT2D eigenvalue weighted by molar-refractivity contribution is -0.384. The molecule has 0 aliphatic rings. The van der Waals surface area contributed by atoms with Crippen molar-refractivity contribution in [3.05, 3.63) is 33.3 Å². The van der Waals surface area contributed by atoms with Crippen LogP contribution >= 0.6 is 11.3 Å². The number of nitrogens with zero attached hydrogens (tertiary/aromatic N) is 3. The van der Waals surface area contributed by atoms with Gasteiger partial charge in [0, 0.05) is 7.05 Å². The molecule has 0 amide bonds. The molecule has 0 radical (unpaired) electrons. The van der Waals surface area contributed by atoms with E-state index in [9.17, 15) is 10.1 Å². The normalized spacial score (nSPS) is 10.2. The molecular weight excluding hydrogens is 240 g/mol. The molecule has 2 heterocycles. The molecule has 0 unspecified atom stereocenters. The zero-order valence-corrected chi connectivity index (χ0v) is 10.1. The summed E-state index contributed by atoms with van der Waals surface area (Å²) < 4.78 is 0. The zero-order valence-electron chi connectivity index (χ0n) is 9.30. The Morgan fingerprint density at radius 2 is 2.29 bits per heavy atom. The number of rotatable bonds is 3. The van der Waals surface area contributed by atoms with Crippen LogP contribution in [0.1, 0.15) is 5.56 Å².